The summed E-state index contributed by atoms with van der Waals surface area (Å²) in [6, 6.07) is 9.96. The number of nitrogens with one attached hydrogen (secondary N) is 1. The Kier molecular flexibility index (Phi) is 3.95. The van der Waals surface area contributed by atoms with Crippen molar-refractivity contribution in [1.82, 2.24) is 15.3 Å². The number of amides is 1. The Labute approximate surface area is 124 Å². The number of carbonyl (C=O) groups excluding carboxylic acids is 1. The van der Waals surface area contributed by atoms with Gasteiger partial charge >= 0.3 is 0 Å². The van der Waals surface area contributed by atoms with Gasteiger partial charge in [0.15, 0.2) is 0 Å². The fraction of sp³-hybridized carbons (Fsp3) is 0.353. The third kappa shape index (κ3) is 3.66. The summed E-state index contributed by atoms with van der Waals surface area (Å²) in [5.41, 5.74) is 4.19. The van der Waals surface area contributed by atoms with Crippen molar-refractivity contribution in [3.8, 4) is 0 Å². The Hall–Kier alpha value is -2.23. The molecule has 2 aromatic rings. The summed E-state index contributed by atoms with van der Waals surface area (Å²) in [7, 11) is 0. The monoisotopic (exact) mass is 281 g/mol. The Bertz CT molecular complexity index is 650. The zero-order valence-electron chi connectivity index (χ0n) is 12.2. The van der Waals surface area contributed by atoms with Gasteiger partial charge in [-0.3, -0.25) is 4.79 Å². The van der Waals surface area contributed by atoms with Crippen molar-refractivity contribution in [2.75, 3.05) is 0 Å². The molecule has 4 heteroatoms. The second-order valence-electron chi connectivity index (χ2n) is 5.59. The summed E-state index contributed by atoms with van der Waals surface area (Å²) in [5.74, 6) is 0.630. The number of aromatic nitrogens is 2. The van der Waals surface area contributed by atoms with Crippen LogP contribution in [-0.4, -0.2) is 15.9 Å². The van der Waals surface area contributed by atoms with Crippen molar-refractivity contribution in [3.63, 3.8) is 0 Å². The van der Waals surface area contributed by atoms with E-state index in [0.29, 0.717) is 18.9 Å². The molecule has 1 N–H and O–H groups in total. The van der Waals surface area contributed by atoms with Gasteiger partial charge in [0.2, 0.25) is 5.91 Å². The van der Waals surface area contributed by atoms with E-state index in [0.717, 1.165) is 22.5 Å². The Morgan fingerprint density at radius 3 is 2.86 bits per heavy atom. The maximum atomic E-state index is 12.0. The molecular formula is C17H19N3O. The lowest BCUT2D eigenvalue weighted by atomic mass is 10.1. The van der Waals surface area contributed by atoms with Crippen LogP contribution in [0.3, 0.4) is 0 Å². The summed E-state index contributed by atoms with van der Waals surface area (Å²) in [6.45, 7) is 2.49. The molecular weight excluding hydrogens is 262 g/mol. The van der Waals surface area contributed by atoms with Crippen molar-refractivity contribution in [3.05, 3.63) is 59.2 Å². The van der Waals surface area contributed by atoms with Crippen LogP contribution in [0.15, 0.2) is 36.7 Å². The molecule has 1 heterocycles. The van der Waals surface area contributed by atoms with Gasteiger partial charge in [-0.2, -0.15) is 0 Å². The molecule has 0 saturated heterocycles. The summed E-state index contributed by atoms with van der Waals surface area (Å²) >= 11 is 0. The van der Waals surface area contributed by atoms with E-state index in [9.17, 15) is 4.79 Å². The van der Waals surface area contributed by atoms with Gasteiger partial charge < -0.3 is 5.32 Å². The topological polar surface area (TPSA) is 54.9 Å². The number of aryl methyl sites for hydroxylation is 1. The average molecular weight is 281 g/mol. The number of nitrogens with zero attached hydrogens (tertiary/aromatic N) is 2. The fourth-order valence-corrected chi connectivity index (χ4v) is 2.35. The lowest BCUT2D eigenvalue weighted by Gasteiger charge is -2.07. The van der Waals surface area contributed by atoms with E-state index in [4.69, 9.17) is 0 Å². The normalized spacial score (nSPS) is 14.0. The molecule has 3 rings (SSSR count). The van der Waals surface area contributed by atoms with E-state index >= 15 is 0 Å². The molecule has 4 nitrogen and oxygen atoms in total. The Morgan fingerprint density at radius 1 is 1.29 bits per heavy atom. The van der Waals surface area contributed by atoms with E-state index < -0.39 is 0 Å². The third-order valence-electron chi connectivity index (χ3n) is 3.82. The molecule has 1 fully saturated rings. The summed E-state index contributed by atoms with van der Waals surface area (Å²) < 4.78 is 0. The van der Waals surface area contributed by atoms with Crippen molar-refractivity contribution < 1.29 is 4.79 Å². The average Bonchev–Trinajstić information content (AvgIpc) is 3.33. The fourth-order valence-electron chi connectivity index (χ4n) is 2.35. The highest BCUT2D eigenvalue weighted by Gasteiger charge is 2.25. The number of benzene rings is 1. The van der Waals surface area contributed by atoms with Crippen molar-refractivity contribution in [2.24, 2.45) is 0 Å². The van der Waals surface area contributed by atoms with Gasteiger partial charge in [0.25, 0.3) is 0 Å². The van der Waals surface area contributed by atoms with Crippen LogP contribution in [0.5, 0.6) is 0 Å². The second kappa shape index (κ2) is 6.04. The van der Waals surface area contributed by atoms with Crippen molar-refractivity contribution in [2.45, 2.75) is 38.6 Å². The quantitative estimate of drug-likeness (QED) is 0.916. The van der Waals surface area contributed by atoms with Crippen molar-refractivity contribution >= 4 is 5.91 Å². The van der Waals surface area contributed by atoms with Crippen LogP contribution in [-0.2, 0) is 17.8 Å². The maximum absolute atomic E-state index is 12.0. The van der Waals surface area contributed by atoms with Gasteiger partial charge in [0, 0.05) is 11.6 Å². The van der Waals surface area contributed by atoms with Gasteiger partial charge in [-0.05, 0) is 37.0 Å². The minimum absolute atomic E-state index is 0.0240. The smallest absolute Gasteiger partial charge is 0.224 e. The lowest BCUT2D eigenvalue weighted by Crippen LogP contribution is -2.25. The number of hydrogen-bond donors (Lipinski definition) is 1. The molecule has 21 heavy (non-hydrogen) atoms. The number of hydrogen-bond acceptors (Lipinski definition) is 3. The molecule has 1 aliphatic rings. The molecule has 0 aliphatic heterocycles. The molecule has 0 unspecified atom stereocenters. The molecule has 1 aromatic carbocycles. The largest absolute Gasteiger partial charge is 0.350 e. The van der Waals surface area contributed by atoms with Crippen LogP contribution in [0.1, 0.15) is 41.3 Å². The molecule has 1 amide bonds. The van der Waals surface area contributed by atoms with Crippen LogP contribution < -0.4 is 5.32 Å². The first kappa shape index (κ1) is 13.7. The summed E-state index contributed by atoms with van der Waals surface area (Å²) in [5, 5.41) is 2.93. The minimum Gasteiger partial charge on any atom is -0.350 e. The first-order valence-electron chi connectivity index (χ1n) is 7.34. The second-order valence-corrected chi connectivity index (χ2v) is 5.59. The van der Waals surface area contributed by atoms with Crippen LogP contribution in [0, 0.1) is 6.92 Å². The van der Waals surface area contributed by atoms with Gasteiger partial charge in [-0.1, -0.05) is 24.3 Å². The molecule has 0 atom stereocenters. The van der Waals surface area contributed by atoms with E-state index in [2.05, 4.69) is 15.3 Å². The highest BCUT2D eigenvalue weighted by atomic mass is 16.1. The molecule has 1 aliphatic carbocycles. The van der Waals surface area contributed by atoms with Crippen LogP contribution in [0.25, 0.3) is 0 Å². The van der Waals surface area contributed by atoms with E-state index in [1.54, 1.807) is 6.33 Å². The molecule has 108 valence electrons. The SMILES string of the molecule is Cc1ccccc1CC(=O)NCc1cc(C2CC2)ncn1. The van der Waals surface area contributed by atoms with Gasteiger partial charge in [0.1, 0.15) is 6.33 Å². The molecule has 1 saturated carbocycles. The molecule has 0 radical (unpaired) electrons. The molecule has 0 spiro atoms. The van der Waals surface area contributed by atoms with Crippen LogP contribution in [0.2, 0.25) is 0 Å². The standard InChI is InChI=1S/C17H19N3O/c1-12-4-2-3-5-14(12)8-17(21)18-10-15-9-16(13-6-7-13)20-11-19-15/h2-5,9,11,13H,6-8,10H2,1H3,(H,18,21). The predicted octanol–water partition coefficient (Wildman–Crippen LogP) is 2.52. The highest BCUT2D eigenvalue weighted by molar-refractivity contribution is 5.78. The van der Waals surface area contributed by atoms with E-state index in [-0.39, 0.29) is 5.91 Å². The minimum atomic E-state index is 0.0240. The number of rotatable bonds is 5. The first-order chi connectivity index (χ1) is 10.2. The van der Waals surface area contributed by atoms with Crippen LogP contribution in [0.4, 0.5) is 0 Å². The molecule has 1 aromatic heterocycles. The summed E-state index contributed by atoms with van der Waals surface area (Å²) in [4.78, 5) is 20.5. The molecule has 0 bridgehead atoms. The van der Waals surface area contributed by atoms with Crippen molar-refractivity contribution in [1.29, 1.82) is 0 Å². The van der Waals surface area contributed by atoms with Crippen LogP contribution >= 0.6 is 0 Å². The first-order valence-corrected chi connectivity index (χ1v) is 7.34. The van der Waals surface area contributed by atoms with Gasteiger partial charge in [0.05, 0.1) is 18.7 Å². The summed E-state index contributed by atoms with van der Waals surface area (Å²) in [6.07, 6.45) is 4.44. The Balaban J connectivity index is 1.56. The van der Waals surface area contributed by atoms with E-state index in [1.807, 2.05) is 37.3 Å². The zero-order chi connectivity index (χ0) is 14.7. The zero-order valence-corrected chi connectivity index (χ0v) is 12.2. The maximum Gasteiger partial charge on any atom is 0.224 e. The Morgan fingerprint density at radius 2 is 2.10 bits per heavy atom. The van der Waals surface area contributed by atoms with E-state index in [1.165, 1.54) is 12.8 Å². The third-order valence-corrected chi connectivity index (χ3v) is 3.82. The van der Waals surface area contributed by atoms with Gasteiger partial charge in [-0.25, -0.2) is 9.97 Å². The van der Waals surface area contributed by atoms with Gasteiger partial charge in [-0.15, -0.1) is 0 Å². The predicted molar refractivity (Wildman–Crippen MR) is 80.7 cm³/mol. The highest BCUT2D eigenvalue weighted by Crippen LogP contribution is 2.38. The number of carbonyl (C=O) groups is 1. The lowest BCUT2D eigenvalue weighted by molar-refractivity contribution is -0.120.